The molecule has 1 aromatic carbocycles. The molecule has 7 heteroatoms. The zero-order valence-electron chi connectivity index (χ0n) is 13.4. The Balaban J connectivity index is 2.45. The number of halogens is 3. The average Bonchev–Trinajstić information content (AvgIpc) is 2.93. The van der Waals surface area contributed by atoms with Gasteiger partial charge in [0.25, 0.3) is 0 Å². The van der Waals surface area contributed by atoms with Gasteiger partial charge in [-0.2, -0.15) is 18.3 Å². The molecule has 1 aromatic heterocycles. The lowest BCUT2D eigenvalue weighted by Crippen LogP contribution is -2.18. The van der Waals surface area contributed by atoms with Crippen molar-refractivity contribution in [3.63, 3.8) is 0 Å². The number of aromatic amines is 1. The van der Waals surface area contributed by atoms with Gasteiger partial charge in [-0.05, 0) is 38.2 Å². The minimum absolute atomic E-state index is 0.0550. The molecule has 0 saturated carbocycles. The Kier molecular flexibility index (Phi) is 5.30. The topological polar surface area (TPSA) is 41.2 Å². The molecular formula is C16H20F3N3O. The first-order chi connectivity index (χ1) is 10.9. The van der Waals surface area contributed by atoms with Crippen molar-refractivity contribution in [1.29, 1.82) is 0 Å². The van der Waals surface area contributed by atoms with Crippen molar-refractivity contribution >= 4 is 0 Å². The summed E-state index contributed by atoms with van der Waals surface area (Å²) in [7, 11) is 3.27. The molecule has 4 nitrogen and oxygen atoms in total. The molecule has 1 heterocycles. The van der Waals surface area contributed by atoms with Crippen molar-refractivity contribution in [2.75, 3.05) is 20.7 Å². The van der Waals surface area contributed by atoms with Crippen LogP contribution in [0.25, 0.3) is 11.3 Å². The molecule has 0 unspecified atom stereocenters. The number of rotatable bonds is 6. The fraction of sp³-hybridized carbons (Fsp3) is 0.438. The third kappa shape index (κ3) is 4.04. The van der Waals surface area contributed by atoms with E-state index in [1.807, 2.05) is 11.9 Å². The maximum Gasteiger partial charge on any atom is 0.417 e. The molecule has 0 aliphatic rings. The number of nitrogens with zero attached hydrogens (tertiary/aromatic N) is 2. The van der Waals surface area contributed by atoms with E-state index in [0.717, 1.165) is 24.6 Å². The molecule has 0 atom stereocenters. The molecule has 0 saturated heterocycles. The number of aromatic nitrogens is 2. The van der Waals surface area contributed by atoms with Gasteiger partial charge in [0.15, 0.2) is 0 Å². The highest BCUT2D eigenvalue weighted by Crippen LogP contribution is 2.39. The molecular weight excluding hydrogens is 307 g/mol. The molecule has 0 bridgehead atoms. The van der Waals surface area contributed by atoms with Crippen LogP contribution in [0.15, 0.2) is 24.4 Å². The van der Waals surface area contributed by atoms with Crippen LogP contribution in [0.5, 0.6) is 5.75 Å². The Bertz CT molecular complexity index is 652. The molecule has 0 amide bonds. The number of nitrogens with one attached hydrogen (secondary N) is 1. The van der Waals surface area contributed by atoms with E-state index in [1.165, 1.54) is 19.2 Å². The number of H-pyrrole nitrogens is 1. The lowest BCUT2D eigenvalue weighted by atomic mass is 10.0. The molecule has 0 radical (unpaired) electrons. The van der Waals surface area contributed by atoms with Crippen LogP contribution in [0.4, 0.5) is 13.2 Å². The largest absolute Gasteiger partial charge is 0.497 e. The van der Waals surface area contributed by atoms with E-state index in [-0.39, 0.29) is 11.3 Å². The van der Waals surface area contributed by atoms with Crippen LogP contribution in [-0.4, -0.2) is 35.8 Å². The van der Waals surface area contributed by atoms with Gasteiger partial charge in [0.2, 0.25) is 0 Å². The van der Waals surface area contributed by atoms with Gasteiger partial charge in [0, 0.05) is 23.9 Å². The SMILES string of the molecule is CCCN(C)Cc1c[nH]nc1-c1ccc(OC)cc1C(F)(F)F. The zero-order chi connectivity index (χ0) is 17.0. The second-order valence-corrected chi connectivity index (χ2v) is 5.41. The summed E-state index contributed by atoms with van der Waals surface area (Å²) < 4.78 is 45.0. The van der Waals surface area contributed by atoms with Crippen molar-refractivity contribution in [3.8, 4) is 17.0 Å². The Morgan fingerprint density at radius 2 is 2.04 bits per heavy atom. The first-order valence-corrected chi connectivity index (χ1v) is 7.33. The van der Waals surface area contributed by atoms with Gasteiger partial charge < -0.3 is 9.64 Å². The fourth-order valence-electron chi connectivity index (χ4n) is 2.51. The molecule has 2 aromatic rings. The van der Waals surface area contributed by atoms with Crippen LogP contribution in [0.3, 0.4) is 0 Å². The number of benzene rings is 1. The predicted octanol–water partition coefficient (Wildman–Crippen LogP) is 3.95. The van der Waals surface area contributed by atoms with E-state index in [0.29, 0.717) is 12.2 Å². The van der Waals surface area contributed by atoms with Crippen LogP contribution in [0.1, 0.15) is 24.5 Å². The van der Waals surface area contributed by atoms with Crippen LogP contribution in [0.2, 0.25) is 0 Å². The smallest absolute Gasteiger partial charge is 0.417 e. The maximum absolute atomic E-state index is 13.4. The summed E-state index contributed by atoms with van der Waals surface area (Å²) in [5, 5.41) is 6.71. The molecule has 0 fully saturated rings. The Morgan fingerprint density at radius 1 is 1.30 bits per heavy atom. The number of alkyl halides is 3. The van der Waals surface area contributed by atoms with Gasteiger partial charge in [0.05, 0.1) is 18.4 Å². The second kappa shape index (κ2) is 7.04. The van der Waals surface area contributed by atoms with Crippen molar-refractivity contribution in [2.45, 2.75) is 26.1 Å². The monoisotopic (exact) mass is 327 g/mol. The van der Waals surface area contributed by atoms with Crippen molar-refractivity contribution < 1.29 is 17.9 Å². The predicted molar refractivity (Wildman–Crippen MR) is 82.2 cm³/mol. The third-order valence-electron chi connectivity index (χ3n) is 3.55. The highest BCUT2D eigenvalue weighted by molar-refractivity contribution is 5.68. The number of ether oxygens (including phenoxy) is 1. The first kappa shape index (κ1) is 17.3. The average molecular weight is 327 g/mol. The van der Waals surface area contributed by atoms with E-state index in [2.05, 4.69) is 17.1 Å². The summed E-state index contributed by atoms with van der Waals surface area (Å²) in [6, 6.07) is 3.92. The van der Waals surface area contributed by atoms with E-state index in [4.69, 9.17) is 4.74 Å². The molecule has 1 N–H and O–H groups in total. The quantitative estimate of drug-likeness (QED) is 0.873. The van der Waals surface area contributed by atoms with Gasteiger partial charge in [-0.25, -0.2) is 0 Å². The number of hydrogen-bond donors (Lipinski definition) is 1. The highest BCUT2D eigenvalue weighted by atomic mass is 19.4. The minimum atomic E-state index is -4.48. The molecule has 126 valence electrons. The van der Waals surface area contributed by atoms with E-state index < -0.39 is 11.7 Å². The van der Waals surface area contributed by atoms with E-state index in [1.54, 1.807) is 6.20 Å². The fourth-order valence-corrected chi connectivity index (χ4v) is 2.51. The van der Waals surface area contributed by atoms with Crippen LogP contribution >= 0.6 is 0 Å². The summed E-state index contributed by atoms with van der Waals surface area (Å²) in [5.41, 5.74) is 0.363. The first-order valence-electron chi connectivity index (χ1n) is 7.33. The lowest BCUT2D eigenvalue weighted by Gasteiger charge is -2.17. The maximum atomic E-state index is 13.4. The van der Waals surface area contributed by atoms with Gasteiger partial charge in [-0.3, -0.25) is 5.10 Å². The molecule has 0 spiro atoms. The standard InChI is InChI=1S/C16H20F3N3O/c1-4-7-22(2)10-11-9-20-21-15(11)13-6-5-12(23-3)8-14(13)16(17,18)19/h5-6,8-9H,4,7,10H2,1-3H3,(H,20,21). The van der Waals surface area contributed by atoms with Gasteiger partial charge >= 0.3 is 6.18 Å². The molecule has 0 aliphatic carbocycles. The van der Waals surface area contributed by atoms with Crippen LogP contribution < -0.4 is 4.74 Å². The summed E-state index contributed by atoms with van der Waals surface area (Å²) in [6.07, 6.45) is -1.86. The van der Waals surface area contributed by atoms with Crippen molar-refractivity contribution in [2.24, 2.45) is 0 Å². The van der Waals surface area contributed by atoms with Gasteiger partial charge in [-0.1, -0.05) is 6.92 Å². The summed E-state index contributed by atoms with van der Waals surface area (Å²) in [5.74, 6) is 0.168. The Labute approximate surface area is 133 Å². The van der Waals surface area contributed by atoms with E-state index in [9.17, 15) is 13.2 Å². The third-order valence-corrected chi connectivity index (χ3v) is 3.55. The Hall–Kier alpha value is -2.02. The zero-order valence-corrected chi connectivity index (χ0v) is 13.4. The van der Waals surface area contributed by atoms with Crippen molar-refractivity contribution in [3.05, 3.63) is 35.5 Å². The minimum Gasteiger partial charge on any atom is -0.497 e. The normalized spacial score (nSPS) is 12.0. The second-order valence-electron chi connectivity index (χ2n) is 5.41. The van der Waals surface area contributed by atoms with Gasteiger partial charge in [0.1, 0.15) is 5.75 Å². The van der Waals surface area contributed by atoms with Crippen LogP contribution in [-0.2, 0) is 12.7 Å². The Morgan fingerprint density at radius 3 is 2.65 bits per heavy atom. The number of methoxy groups -OCH3 is 1. The summed E-state index contributed by atoms with van der Waals surface area (Å²) in [6.45, 7) is 3.44. The molecule has 23 heavy (non-hydrogen) atoms. The summed E-state index contributed by atoms with van der Waals surface area (Å²) in [4.78, 5) is 2.05. The molecule has 0 aliphatic heterocycles. The lowest BCUT2D eigenvalue weighted by molar-refractivity contribution is -0.137. The van der Waals surface area contributed by atoms with E-state index >= 15 is 0 Å². The van der Waals surface area contributed by atoms with Crippen LogP contribution in [0, 0.1) is 0 Å². The van der Waals surface area contributed by atoms with Gasteiger partial charge in [-0.15, -0.1) is 0 Å². The highest BCUT2D eigenvalue weighted by Gasteiger charge is 2.35. The molecule has 2 rings (SSSR count). The van der Waals surface area contributed by atoms with Crippen molar-refractivity contribution in [1.82, 2.24) is 15.1 Å². The summed E-state index contributed by atoms with van der Waals surface area (Å²) >= 11 is 0. The number of hydrogen-bond acceptors (Lipinski definition) is 3.